The maximum atomic E-state index is 13.5. The molecule has 0 radical (unpaired) electrons. The van der Waals surface area contributed by atoms with Crippen LogP contribution in [0, 0.1) is 0 Å². The van der Waals surface area contributed by atoms with E-state index >= 15 is 0 Å². The van der Waals surface area contributed by atoms with Gasteiger partial charge in [0, 0.05) is 0 Å². The monoisotopic (exact) mass is 334 g/mol. The van der Waals surface area contributed by atoms with Gasteiger partial charge in [-0.25, -0.2) is 4.57 Å². The number of rotatable bonds is 3. The Bertz CT molecular complexity index is 397. The van der Waals surface area contributed by atoms with Crippen molar-refractivity contribution in [3.8, 4) is 0 Å². The zero-order valence-corrected chi connectivity index (χ0v) is 10.6. The summed E-state index contributed by atoms with van der Waals surface area (Å²) >= 11 is 0. The number of hydrogen-bond acceptors (Lipinski definition) is 3. The Morgan fingerprint density at radius 1 is 1.15 bits per heavy atom. The molecule has 0 aromatic carbocycles. The minimum absolute atomic E-state index is 0.340. The first-order chi connectivity index (χ1) is 8.77. The largest absolute Gasteiger partial charge is 0.472 e. The lowest BCUT2D eigenvalue weighted by atomic mass is 9.99. The van der Waals surface area contributed by atoms with Gasteiger partial charge in [-0.2, -0.15) is 30.7 Å². The van der Waals surface area contributed by atoms with Crippen LogP contribution in [-0.2, 0) is 13.6 Å². The molecule has 20 heavy (non-hydrogen) atoms. The molecule has 1 saturated heterocycles. The fourth-order valence-corrected chi connectivity index (χ4v) is 2.53. The van der Waals surface area contributed by atoms with E-state index in [0.717, 1.165) is 0 Å². The van der Waals surface area contributed by atoms with Crippen LogP contribution >= 0.6 is 7.82 Å². The highest BCUT2D eigenvalue weighted by atomic mass is 31.2. The topological polar surface area (TPSA) is 55.8 Å². The van der Waals surface area contributed by atoms with Crippen LogP contribution in [0.2, 0.25) is 0 Å². The number of alkyl halides is 7. The fraction of sp³-hybridized carbons (Fsp3) is 1.00. The Morgan fingerprint density at radius 3 is 2.20 bits per heavy atom. The molecule has 4 nitrogen and oxygen atoms in total. The molecule has 0 saturated carbocycles. The van der Waals surface area contributed by atoms with E-state index in [4.69, 9.17) is 4.89 Å². The Kier molecular flexibility index (Phi) is 4.80. The van der Waals surface area contributed by atoms with Crippen LogP contribution in [0.25, 0.3) is 0 Å². The Labute approximate surface area is 108 Å². The van der Waals surface area contributed by atoms with E-state index in [1.54, 1.807) is 0 Å². The standard InChI is InChI=1S/C8H10F7O4P/c9-6(10,4-7(11,12)13)8(14,15)5-2-1-3-18-20(16,17)19-5/h5H,1-4H2,(H,16,17). The zero-order valence-electron chi connectivity index (χ0n) is 9.67. The molecule has 0 amide bonds. The second kappa shape index (κ2) is 5.43. The molecule has 0 spiro atoms. The van der Waals surface area contributed by atoms with Gasteiger partial charge in [-0.1, -0.05) is 0 Å². The van der Waals surface area contributed by atoms with Gasteiger partial charge in [0.15, 0.2) is 0 Å². The molecule has 2 unspecified atom stereocenters. The molecular formula is C8H10F7O4P. The number of phosphoric acid groups is 1. The second-order valence-electron chi connectivity index (χ2n) is 4.16. The highest BCUT2D eigenvalue weighted by molar-refractivity contribution is 7.47. The van der Waals surface area contributed by atoms with Gasteiger partial charge in [0.2, 0.25) is 0 Å². The van der Waals surface area contributed by atoms with Crippen LogP contribution in [0.5, 0.6) is 0 Å². The lowest BCUT2D eigenvalue weighted by Gasteiger charge is -2.32. The second-order valence-corrected chi connectivity index (χ2v) is 5.56. The van der Waals surface area contributed by atoms with E-state index in [0.29, 0.717) is 0 Å². The average molecular weight is 334 g/mol. The third-order valence-electron chi connectivity index (χ3n) is 2.44. The molecule has 0 aromatic heterocycles. The smallest absolute Gasteiger partial charge is 0.302 e. The molecule has 1 fully saturated rings. The van der Waals surface area contributed by atoms with Gasteiger partial charge in [-0.3, -0.25) is 9.05 Å². The van der Waals surface area contributed by atoms with Crippen molar-refractivity contribution >= 4 is 7.82 Å². The molecule has 1 aliphatic heterocycles. The van der Waals surface area contributed by atoms with E-state index in [2.05, 4.69) is 9.05 Å². The van der Waals surface area contributed by atoms with E-state index in [9.17, 15) is 35.3 Å². The van der Waals surface area contributed by atoms with Gasteiger partial charge in [0.05, 0.1) is 6.61 Å². The van der Waals surface area contributed by atoms with E-state index in [1.807, 2.05) is 0 Å². The predicted octanol–water partition coefficient (Wildman–Crippen LogP) is 3.51. The number of hydrogen-bond donors (Lipinski definition) is 1. The average Bonchev–Trinajstić information content (AvgIpc) is 2.35. The molecule has 1 heterocycles. The Hall–Kier alpha value is -0.380. The predicted molar refractivity (Wildman–Crippen MR) is 50.5 cm³/mol. The molecule has 0 bridgehead atoms. The third kappa shape index (κ3) is 4.31. The Morgan fingerprint density at radius 2 is 1.70 bits per heavy atom. The van der Waals surface area contributed by atoms with Crippen LogP contribution in [0.15, 0.2) is 0 Å². The van der Waals surface area contributed by atoms with Gasteiger partial charge < -0.3 is 4.89 Å². The van der Waals surface area contributed by atoms with Crippen LogP contribution < -0.4 is 0 Å². The lowest BCUT2D eigenvalue weighted by molar-refractivity contribution is -0.287. The van der Waals surface area contributed by atoms with E-state index < -0.39 is 51.4 Å². The van der Waals surface area contributed by atoms with Crippen molar-refractivity contribution in [1.29, 1.82) is 0 Å². The quantitative estimate of drug-likeness (QED) is 0.634. The molecular weight excluding hydrogens is 324 g/mol. The molecule has 120 valence electrons. The summed E-state index contributed by atoms with van der Waals surface area (Å²) in [6.45, 7) is -0.509. The summed E-state index contributed by atoms with van der Waals surface area (Å²) in [4.78, 5) is 8.90. The first kappa shape index (κ1) is 17.7. The van der Waals surface area contributed by atoms with Crippen LogP contribution in [0.4, 0.5) is 30.7 Å². The summed E-state index contributed by atoms with van der Waals surface area (Å²) in [7, 11) is -5.00. The normalized spacial score (nSPS) is 30.1. The van der Waals surface area contributed by atoms with E-state index in [1.165, 1.54) is 0 Å². The van der Waals surface area contributed by atoms with Gasteiger partial charge in [0.25, 0.3) is 0 Å². The van der Waals surface area contributed by atoms with Crippen molar-refractivity contribution in [1.82, 2.24) is 0 Å². The zero-order chi connectivity index (χ0) is 15.8. The summed E-state index contributed by atoms with van der Waals surface area (Å²) in [5.74, 6) is -10.7. The third-order valence-corrected chi connectivity index (χ3v) is 3.47. The minimum Gasteiger partial charge on any atom is -0.302 e. The van der Waals surface area contributed by atoms with Crippen molar-refractivity contribution in [2.75, 3.05) is 6.61 Å². The summed E-state index contributed by atoms with van der Waals surface area (Å²) in [5.41, 5.74) is 0. The summed E-state index contributed by atoms with van der Waals surface area (Å²) in [5, 5.41) is 0. The molecule has 2 atom stereocenters. The highest BCUT2D eigenvalue weighted by Crippen LogP contribution is 2.53. The molecule has 1 aliphatic rings. The number of phosphoric ester groups is 1. The minimum atomic E-state index is -5.53. The highest BCUT2D eigenvalue weighted by Gasteiger charge is 2.66. The summed E-state index contributed by atoms with van der Waals surface area (Å²) < 4.78 is 108. The fourth-order valence-electron chi connectivity index (χ4n) is 1.55. The first-order valence-corrected chi connectivity index (χ1v) is 6.74. The van der Waals surface area contributed by atoms with Gasteiger partial charge >= 0.3 is 25.8 Å². The first-order valence-electron chi connectivity index (χ1n) is 5.25. The maximum Gasteiger partial charge on any atom is 0.472 e. The molecule has 1 rings (SSSR count). The lowest BCUT2D eigenvalue weighted by Crippen LogP contribution is -2.52. The number of halogens is 7. The van der Waals surface area contributed by atoms with Crippen molar-refractivity contribution in [3.05, 3.63) is 0 Å². The summed E-state index contributed by atoms with van der Waals surface area (Å²) in [6, 6.07) is 0. The van der Waals surface area contributed by atoms with E-state index in [-0.39, 0.29) is 6.42 Å². The van der Waals surface area contributed by atoms with Crippen LogP contribution in [0.3, 0.4) is 0 Å². The van der Waals surface area contributed by atoms with Gasteiger partial charge in [-0.05, 0) is 12.8 Å². The van der Waals surface area contributed by atoms with Crippen molar-refractivity contribution < 1.29 is 49.2 Å². The van der Waals surface area contributed by atoms with Gasteiger partial charge in [-0.15, -0.1) is 0 Å². The van der Waals surface area contributed by atoms with Crippen molar-refractivity contribution in [2.45, 2.75) is 43.4 Å². The molecule has 0 aromatic rings. The maximum absolute atomic E-state index is 13.5. The van der Waals surface area contributed by atoms with Crippen LogP contribution in [-0.4, -0.2) is 35.6 Å². The Balaban J connectivity index is 2.98. The molecule has 1 N–H and O–H groups in total. The van der Waals surface area contributed by atoms with Crippen molar-refractivity contribution in [2.24, 2.45) is 0 Å². The molecule has 0 aliphatic carbocycles. The molecule has 12 heteroatoms. The summed E-state index contributed by atoms with van der Waals surface area (Å²) in [6.07, 6.45) is -12.6. The van der Waals surface area contributed by atoms with Gasteiger partial charge in [0.1, 0.15) is 12.5 Å². The van der Waals surface area contributed by atoms with Crippen molar-refractivity contribution in [3.63, 3.8) is 0 Å². The van der Waals surface area contributed by atoms with Crippen LogP contribution in [0.1, 0.15) is 19.3 Å². The SMILES string of the molecule is O=P1(O)OCCCC(C(F)(F)C(F)(F)CC(F)(F)F)O1.